The first kappa shape index (κ1) is 12.3. The van der Waals surface area contributed by atoms with Gasteiger partial charge in [-0.3, -0.25) is 0 Å². The molecule has 0 nitrogen and oxygen atoms in total. The van der Waals surface area contributed by atoms with Crippen molar-refractivity contribution in [1.82, 2.24) is 0 Å². The molecule has 0 aromatic heterocycles. The molecule has 0 N–H and O–H groups in total. The van der Waals surface area contributed by atoms with E-state index in [0.29, 0.717) is 5.38 Å². The summed E-state index contributed by atoms with van der Waals surface area (Å²) in [6, 6.07) is 0. The van der Waals surface area contributed by atoms with E-state index in [-0.39, 0.29) is 0 Å². The molecule has 0 saturated heterocycles. The van der Waals surface area contributed by atoms with E-state index in [1.54, 1.807) is 6.42 Å². The number of fused-ring (bicyclic) bond motifs is 3. The second-order valence-electron chi connectivity index (χ2n) is 6.92. The van der Waals surface area contributed by atoms with Crippen molar-refractivity contribution < 1.29 is 0 Å². The van der Waals surface area contributed by atoms with Gasteiger partial charge in [0.1, 0.15) is 0 Å². The van der Waals surface area contributed by atoms with Crippen LogP contribution in [0.15, 0.2) is 0 Å². The Labute approximate surface area is 111 Å². The van der Waals surface area contributed by atoms with Gasteiger partial charge in [0.15, 0.2) is 0 Å². The van der Waals surface area contributed by atoms with Gasteiger partial charge in [0.25, 0.3) is 0 Å². The molecule has 0 amide bonds. The van der Waals surface area contributed by atoms with E-state index in [0.717, 1.165) is 29.6 Å². The Kier molecular flexibility index (Phi) is 3.71. The minimum absolute atomic E-state index is 0.500. The standard InChI is InChI=1S/C16H27Cl/c1-2-11-3-7-15-12(9-11)4-5-13-10-14(17)6-8-16(13)15/h11-16H,2-10H2,1H3. The largest absolute Gasteiger partial charge is 0.123 e. The van der Waals surface area contributed by atoms with Gasteiger partial charge in [-0.2, -0.15) is 0 Å². The summed E-state index contributed by atoms with van der Waals surface area (Å²) < 4.78 is 0. The second kappa shape index (κ2) is 5.11. The van der Waals surface area contributed by atoms with Crippen molar-refractivity contribution in [1.29, 1.82) is 0 Å². The lowest BCUT2D eigenvalue weighted by Gasteiger charge is -2.50. The number of hydrogen-bond donors (Lipinski definition) is 0. The van der Waals surface area contributed by atoms with Gasteiger partial charge in [-0.05, 0) is 74.5 Å². The molecular formula is C16H27Cl. The van der Waals surface area contributed by atoms with Crippen LogP contribution in [0, 0.1) is 29.6 Å². The fraction of sp³-hybridized carbons (Fsp3) is 1.00. The molecule has 0 radical (unpaired) electrons. The van der Waals surface area contributed by atoms with Crippen LogP contribution in [0.5, 0.6) is 0 Å². The summed E-state index contributed by atoms with van der Waals surface area (Å²) >= 11 is 6.36. The SMILES string of the molecule is CCC1CCC2C(CCC3CC(Cl)CCC32)C1. The van der Waals surface area contributed by atoms with Gasteiger partial charge in [0, 0.05) is 5.38 Å². The third-order valence-electron chi connectivity index (χ3n) is 6.16. The maximum Gasteiger partial charge on any atom is 0.0338 e. The van der Waals surface area contributed by atoms with Gasteiger partial charge in [0.05, 0.1) is 0 Å². The monoisotopic (exact) mass is 254 g/mol. The predicted molar refractivity (Wildman–Crippen MR) is 74.3 cm³/mol. The molecule has 3 aliphatic carbocycles. The van der Waals surface area contributed by atoms with Crippen molar-refractivity contribution in [2.75, 3.05) is 0 Å². The summed E-state index contributed by atoms with van der Waals surface area (Å²) in [5.74, 6) is 5.27. The lowest BCUT2D eigenvalue weighted by Crippen LogP contribution is -2.41. The smallest absolute Gasteiger partial charge is 0.0338 e. The van der Waals surface area contributed by atoms with Crippen molar-refractivity contribution in [2.45, 2.75) is 70.1 Å². The van der Waals surface area contributed by atoms with E-state index in [4.69, 9.17) is 11.6 Å². The highest BCUT2D eigenvalue weighted by molar-refractivity contribution is 6.20. The van der Waals surface area contributed by atoms with E-state index in [1.807, 2.05) is 0 Å². The van der Waals surface area contributed by atoms with Crippen LogP contribution in [0.3, 0.4) is 0 Å². The van der Waals surface area contributed by atoms with Gasteiger partial charge in [-0.15, -0.1) is 11.6 Å². The zero-order valence-electron chi connectivity index (χ0n) is 11.2. The molecular weight excluding hydrogens is 228 g/mol. The van der Waals surface area contributed by atoms with Crippen molar-refractivity contribution in [3.8, 4) is 0 Å². The van der Waals surface area contributed by atoms with E-state index >= 15 is 0 Å². The molecule has 1 heteroatoms. The van der Waals surface area contributed by atoms with Crippen molar-refractivity contribution in [3.63, 3.8) is 0 Å². The molecule has 3 aliphatic rings. The van der Waals surface area contributed by atoms with Gasteiger partial charge in [-0.1, -0.05) is 19.8 Å². The molecule has 0 bridgehead atoms. The highest BCUT2D eigenvalue weighted by Crippen LogP contribution is 2.53. The zero-order valence-corrected chi connectivity index (χ0v) is 12.0. The lowest BCUT2D eigenvalue weighted by molar-refractivity contribution is 0.0121. The van der Waals surface area contributed by atoms with Crippen LogP contribution in [0.25, 0.3) is 0 Å². The first-order chi connectivity index (χ1) is 8.28. The topological polar surface area (TPSA) is 0 Å². The van der Waals surface area contributed by atoms with Gasteiger partial charge in [-0.25, -0.2) is 0 Å². The average Bonchev–Trinajstić information content (AvgIpc) is 2.37. The molecule has 0 heterocycles. The summed E-state index contributed by atoms with van der Waals surface area (Å²) in [4.78, 5) is 0. The molecule has 0 aromatic carbocycles. The van der Waals surface area contributed by atoms with Crippen LogP contribution in [-0.4, -0.2) is 5.38 Å². The maximum atomic E-state index is 6.36. The Bertz CT molecular complexity index is 262. The Morgan fingerprint density at radius 1 is 0.824 bits per heavy atom. The van der Waals surface area contributed by atoms with Crippen LogP contribution in [0.2, 0.25) is 0 Å². The average molecular weight is 255 g/mol. The molecule has 3 rings (SSSR count). The van der Waals surface area contributed by atoms with Gasteiger partial charge >= 0.3 is 0 Å². The van der Waals surface area contributed by atoms with E-state index in [2.05, 4.69) is 6.92 Å². The number of halogens is 1. The van der Waals surface area contributed by atoms with Gasteiger partial charge in [0.2, 0.25) is 0 Å². The molecule has 6 unspecified atom stereocenters. The van der Waals surface area contributed by atoms with Crippen LogP contribution >= 0.6 is 11.6 Å². The van der Waals surface area contributed by atoms with Crippen molar-refractivity contribution in [3.05, 3.63) is 0 Å². The Morgan fingerprint density at radius 2 is 1.47 bits per heavy atom. The molecule has 0 aromatic rings. The minimum atomic E-state index is 0.500. The third kappa shape index (κ3) is 2.39. The van der Waals surface area contributed by atoms with Crippen LogP contribution in [-0.2, 0) is 0 Å². The lowest BCUT2D eigenvalue weighted by atomic mass is 9.56. The molecule has 6 atom stereocenters. The van der Waals surface area contributed by atoms with E-state index in [9.17, 15) is 0 Å². The number of hydrogen-bond acceptors (Lipinski definition) is 0. The third-order valence-corrected chi connectivity index (χ3v) is 6.56. The van der Waals surface area contributed by atoms with Crippen LogP contribution in [0.1, 0.15) is 64.7 Å². The summed E-state index contributed by atoms with van der Waals surface area (Å²) in [6.07, 6.45) is 13.1. The van der Waals surface area contributed by atoms with Gasteiger partial charge < -0.3 is 0 Å². The highest BCUT2D eigenvalue weighted by Gasteiger charge is 2.43. The molecule has 17 heavy (non-hydrogen) atoms. The molecule has 3 fully saturated rings. The molecule has 0 spiro atoms. The van der Waals surface area contributed by atoms with Crippen molar-refractivity contribution in [2.24, 2.45) is 29.6 Å². The maximum absolute atomic E-state index is 6.36. The summed E-state index contributed by atoms with van der Waals surface area (Å²) in [5, 5.41) is 0.500. The van der Waals surface area contributed by atoms with E-state index in [1.165, 1.54) is 51.4 Å². The summed E-state index contributed by atoms with van der Waals surface area (Å²) in [5.41, 5.74) is 0. The summed E-state index contributed by atoms with van der Waals surface area (Å²) in [7, 11) is 0. The minimum Gasteiger partial charge on any atom is -0.123 e. The summed E-state index contributed by atoms with van der Waals surface area (Å²) in [6.45, 7) is 2.38. The Hall–Kier alpha value is 0.290. The molecule has 0 aliphatic heterocycles. The molecule has 98 valence electrons. The number of rotatable bonds is 1. The number of alkyl halides is 1. The Morgan fingerprint density at radius 3 is 2.18 bits per heavy atom. The fourth-order valence-corrected chi connectivity index (χ4v) is 5.56. The first-order valence-corrected chi connectivity index (χ1v) is 8.35. The normalized spacial score (nSPS) is 50.5. The molecule has 3 saturated carbocycles. The predicted octanol–water partition coefficient (Wildman–Crippen LogP) is 5.25. The fourth-order valence-electron chi connectivity index (χ4n) is 5.20. The highest BCUT2D eigenvalue weighted by atomic mass is 35.5. The first-order valence-electron chi connectivity index (χ1n) is 7.92. The quantitative estimate of drug-likeness (QED) is 0.561. The van der Waals surface area contributed by atoms with E-state index < -0.39 is 0 Å². The van der Waals surface area contributed by atoms with Crippen molar-refractivity contribution >= 4 is 11.6 Å². The Balaban J connectivity index is 1.67. The van der Waals surface area contributed by atoms with Crippen LogP contribution in [0.4, 0.5) is 0 Å². The zero-order chi connectivity index (χ0) is 11.8. The second-order valence-corrected chi connectivity index (χ2v) is 7.54. The van der Waals surface area contributed by atoms with Crippen LogP contribution < -0.4 is 0 Å².